The number of hydrogen-bond donors (Lipinski definition) is 2. The highest BCUT2D eigenvalue weighted by molar-refractivity contribution is 7.81. The van der Waals surface area contributed by atoms with E-state index < -0.39 is 11.7 Å². The third-order valence-electron chi connectivity index (χ3n) is 2.45. The second-order valence-electron chi connectivity index (χ2n) is 3.92. The summed E-state index contributed by atoms with van der Waals surface area (Å²) in [5, 5.41) is 20.9. The number of nitriles is 1. The number of aliphatic hydroxyl groups excluding tert-OH is 1. The number of allylic oxidation sites excluding steroid dienone is 1. The molecule has 1 aromatic rings. The fraction of sp³-hybridized carbons (Fsp3) is 0.143. The summed E-state index contributed by atoms with van der Waals surface area (Å²) in [5.74, 6) is -0.352. The van der Waals surface area contributed by atoms with Crippen LogP contribution in [0.1, 0.15) is 12.0 Å². The first-order valence-corrected chi connectivity index (χ1v) is 6.12. The van der Waals surface area contributed by atoms with Gasteiger partial charge in [-0.05, 0) is 12.1 Å². The summed E-state index contributed by atoms with van der Waals surface area (Å²) in [6, 6.07) is 6.39. The van der Waals surface area contributed by atoms with E-state index in [1.54, 1.807) is 6.07 Å². The van der Waals surface area contributed by atoms with Gasteiger partial charge in [0.15, 0.2) is 0 Å². The molecule has 0 amide bonds. The molecule has 0 saturated carbocycles. The largest absolute Gasteiger partial charge is 0.510 e. The van der Waals surface area contributed by atoms with Gasteiger partial charge >= 0.3 is 6.18 Å². The van der Waals surface area contributed by atoms with Crippen LogP contribution < -0.4 is 5.32 Å². The molecule has 110 valence electrons. The van der Waals surface area contributed by atoms with Crippen molar-refractivity contribution >= 4 is 22.9 Å². The quantitative estimate of drug-likeness (QED) is 0.285. The normalized spacial score (nSPS) is 12.1. The molecule has 0 radical (unpaired) electrons. The van der Waals surface area contributed by atoms with Gasteiger partial charge in [0.2, 0.25) is 0 Å². The van der Waals surface area contributed by atoms with E-state index in [1.807, 2.05) is 0 Å². The lowest BCUT2D eigenvalue weighted by Crippen LogP contribution is -2.17. The summed E-state index contributed by atoms with van der Waals surface area (Å²) in [4.78, 5) is -0.284. The smallest absolute Gasteiger partial charge is 0.418 e. The van der Waals surface area contributed by atoms with Crippen molar-refractivity contribution in [2.75, 3.05) is 5.32 Å². The second kappa shape index (κ2) is 6.90. The third kappa shape index (κ3) is 4.33. The van der Waals surface area contributed by atoms with Gasteiger partial charge in [-0.2, -0.15) is 18.4 Å². The summed E-state index contributed by atoms with van der Waals surface area (Å²) in [6.45, 7) is 3.39. The van der Waals surface area contributed by atoms with Crippen molar-refractivity contribution in [3.8, 4) is 6.07 Å². The van der Waals surface area contributed by atoms with E-state index in [9.17, 15) is 18.3 Å². The highest BCUT2D eigenvalue weighted by Crippen LogP contribution is 2.34. The summed E-state index contributed by atoms with van der Waals surface area (Å²) >= 11 is 4.88. The Morgan fingerprint density at radius 3 is 2.57 bits per heavy atom. The Labute approximate surface area is 125 Å². The number of nitrogens with zero attached hydrogens (tertiary/aromatic N) is 1. The average Bonchev–Trinajstić information content (AvgIpc) is 2.39. The predicted molar refractivity (Wildman–Crippen MR) is 77.7 cm³/mol. The van der Waals surface area contributed by atoms with Crippen molar-refractivity contribution in [2.45, 2.75) is 12.6 Å². The van der Waals surface area contributed by atoms with Crippen molar-refractivity contribution in [1.29, 1.82) is 5.26 Å². The number of alkyl halides is 3. The van der Waals surface area contributed by atoms with Gasteiger partial charge in [0.1, 0.15) is 22.4 Å². The minimum atomic E-state index is -4.56. The van der Waals surface area contributed by atoms with Gasteiger partial charge in [0.25, 0.3) is 0 Å². The molecular formula is C14H11F3N2OS. The van der Waals surface area contributed by atoms with E-state index in [0.29, 0.717) is 0 Å². The van der Waals surface area contributed by atoms with Crippen molar-refractivity contribution in [3.63, 3.8) is 0 Å². The molecule has 0 aliphatic rings. The third-order valence-corrected chi connectivity index (χ3v) is 2.75. The first-order chi connectivity index (χ1) is 9.81. The van der Waals surface area contributed by atoms with Crippen molar-refractivity contribution in [3.05, 3.63) is 53.8 Å². The van der Waals surface area contributed by atoms with E-state index in [1.165, 1.54) is 24.3 Å². The molecule has 1 rings (SSSR count). The van der Waals surface area contributed by atoms with Crippen molar-refractivity contribution in [2.24, 2.45) is 0 Å². The summed E-state index contributed by atoms with van der Waals surface area (Å²) in [7, 11) is 0. The van der Waals surface area contributed by atoms with Gasteiger partial charge in [-0.3, -0.25) is 0 Å². The van der Waals surface area contributed by atoms with E-state index in [4.69, 9.17) is 17.5 Å². The van der Waals surface area contributed by atoms with Crippen LogP contribution in [-0.2, 0) is 6.18 Å². The molecule has 0 spiro atoms. The fourth-order valence-electron chi connectivity index (χ4n) is 1.51. The first-order valence-electron chi connectivity index (χ1n) is 5.72. The monoisotopic (exact) mass is 312 g/mol. The van der Waals surface area contributed by atoms with Gasteiger partial charge in [-0.25, -0.2) is 0 Å². The predicted octanol–water partition coefficient (Wildman–Crippen LogP) is 4.36. The highest BCUT2D eigenvalue weighted by Gasteiger charge is 2.33. The lowest BCUT2D eigenvalue weighted by Gasteiger charge is -2.14. The van der Waals surface area contributed by atoms with E-state index in [2.05, 4.69) is 11.9 Å². The van der Waals surface area contributed by atoms with E-state index in [-0.39, 0.29) is 28.4 Å². The van der Waals surface area contributed by atoms with Gasteiger partial charge < -0.3 is 10.4 Å². The summed E-state index contributed by atoms with van der Waals surface area (Å²) in [6.07, 6.45) is -3.22. The van der Waals surface area contributed by atoms with Crippen LogP contribution in [0, 0.1) is 11.3 Å². The van der Waals surface area contributed by atoms with Crippen LogP contribution in [-0.4, -0.2) is 10.1 Å². The minimum Gasteiger partial charge on any atom is -0.510 e. The molecule has 0 unspecified atom stereocenters. The number of hydrogen-bond acceptors (Lipinski definition) is 3. The van der Waals surface area contributed by atoms with Crippen LogP contribution in [0.2, 0.25) is 0 Å². The lowest BCUT2D eigenvalue weighted by molar-refractivity contribution is -0.136. The molecule has 0 bridgehead atoms. The number of rotatable bonds is 4. The maximum Gasteiger partial charge on any atom is 0.418 e. The van der Waals surface area contributed by atoms with Crippen LogP contribution in [0.3, 0.4) is 0 Å². The fourth-order valence-corrected chi connectivity index (χ4v) is 1.78. The number of halogens is 3. The Balaban J connectivity index is 3.13. The Morgan fingerprint density at radius 2 is 2.05 bits per heavy atom. The van der Waals surface area contributed by atoms with Crippen LogP contribution >= 0.6 is 12.2 Å². The molecule has 0 heterocycles. The average molecular weight is 312 g/mol. The second-order valence-corrected chi connectivity index (χ2v) is 4.33. The Hall–Kier alpha value is -2.33. The minimum absolute atomic E-state index is 0.00830. The van der Waals surface area contributed by atoms with E-state index in [0.717, 1.165) is 6.07 Å². The van der Waals surface area contributed by atoms with Crippen LogP contribution in [0.15, 0.2) is 48.3 Å². The highest BCUT2D eigenvalue weighted by atomic mass is 32.1. The molecule has 21 heavy (non-hydrogen) atoms. The van der Waals surface area contributed by atoms with Crippen LogP contribution in [0.4, 0.5) is 18.9 Å². The van der Waals surface area contributed by atoms with Gasteiger partial charge in [0, 0.05) is 6.42 Å². The molecule has 2 N–H and O–H groups in total. The Morgan fingerprint density at radius 1 is 1.43 bits per heavy atom. The molecular weight excluding hydrogens is 301 g/mol. The number of para-hydroxylation sites is 1. The van der Waals surface area contributed by atoms with Crippen molar-refractivity contribution in [1.82, 2.24) is 0 Å². The zero-order valence-electron chi connectivity index (χ0n) is 10.7. The first kappa shape index (κ1) is 16.7. The standard InChI is InChI=1S/C14H11F3N2OS/c1-2-5-12(20)9(8-18)13(21)19-11-7-4-3-6-10(11)14(15,16)17/h2-4,6-7,20H,1,5H2,(H,19,21). The molecule has 7 heteroatoms. The maximum absolute atomic E-state index is 12.8. The molecule has 0 aliphatic carbocycles. The molecule has 0 fully saturated rings. The van der Waals surface area contributed by atoms with Gasteiger partial charge in [-0.15, -0.1) is 6.58 Å². The van der Waals surface area contributed by atoms with E-state index >= 15 is 0 Å². The van der Waals surface area contributed by atoms with Crippen LogP contribution in [0.25, 0.3) is 0 Å². The molecule has 1 aromatic carbocycles. The summed E-state index contributed by atoms with van der Waals surface area (Å²) in [5.41, 5.74) is -1.48. The zero-order valence-corrected chi connectivity index (χ0v) is 11.6. The SMILES string of the molecule is C=CCC(O)=C(C#N)C(=S)Nc1ccccc1C(F)(F)F. The lowest BCUT2D eigenvalue weighted by atomic mass is 10.1. The topological polar surface area (TPSA) is 56.0 Å². The number of aliphatic hydroxyl groups is 1. The molecule has 0 aromatic heterocycles. The Kier molecular flexibility index (Phi) is 5.50. The number of nitrogens with one attached hydrogen (secondary N) is 1. The van der Waals surface area contributed by atoms with Gasteiger partial charge in [-0.1, -0.05) is 30.4 Å². The number of thiocarbonyl (C=S) groups is 1. The zero-order chi connectivity index (χ0) is 16.0. The molecule has 3 nitrogen and oxygen atoms in total. The van der Waals surface area contributed by atoms with Gasteiger partial charge in [0.05, 0.1) is 11.3 Å². The van der Waals surface area contributed by atoms with Crippen LogP contribution in [0.5, 0.6) is 0 Å². The number of anilines is 1. The summed E-state index contributed by atoms with van der Waals surface area (Å²) < 4.78 is 38.5. The number of benzene rings is 1. The molecule has 0 atom stereocenters. The maximum atomic E-state index is 12.8. The molecule has 0 saturated heterocycles. The van der Waals surface area contributed by atoms with Crippen molar-refractivity contribution < 1.29 is 18.3 Å². The molecule has 0 aliphatic heterocycles. The Bertz CT molecular complexity index is 630.